The number of anilines is 1. The number of nitriles is 1. The first kappa shape index (κ1) is 24.2. The number of hydrogen-bond acceptors (Lipinski definition) is 5. The molecule has 4 aromatic rings. The molecule has 0 N–H and O–H groups in total. The average Bonchev–Trinajstić information content (AvgIpc) is 2.86. The van der Waals surface area contributed by atoms with Gasteiger partial charge in [0.25, 0.3) is 5.56 Å². The molecule has 1 amide bonds. The second-order valence-electron chi connectivity index (χ2n) is 8.40. The topological polar surface area (TPSA) is 79.0 Å². The lowest BCUT2D eigenvalue weighted by molar-refractivity contribution is -0.116. The van der Waals surface area contributed by atoms with Crippen molar-refractivity contribution in [3.05, 3.63) is 93.8 Å². The van der Waals surface area contributed by atoms with Crippen molar-refractivity contribution in [2.75, 3.05) is 17.2 Å². The first-order valence-corrected chi connectivity index (χ1v) is 12.3. The van der Waals surface area contributed by atoms with Crippen LogP contribution in [0.5, 0.6) is 0 Å². The van der Waals surface area contributed by atoms with Gasteiger partial charge in [-0.2, -0.15) is 5.26 Å². The third-order valence-corrected chi connectivity index (χ3v) is 6.84. The minimum atomic E-state index is -0.176. The van der Waals surface area contributed by atoms with Crippen molar-refractivity contribution >= 4 is 34.3 Å². The molecule has 0 bridgehead atoms. The molecule has 6 nitrogen and oxygen atoms in total. The lowest BCUT2D eigenvalue weighted by atomic mass is 10.1. The maximum Gasteiger partial charge on any atom is 0.266 e. The van der Waals surface area contributed by atoms with Gasteiger partial charge in [-0.05, 0) is 68.3 Å². The van der Waals surface area contributed by atoms with Crippen LogP contribution in [-0.4, -0.2) is 27.8 Å². The number of nitrogens with zero attached hydrogens (tertiary/aromatic N) is 4. The van der Waals surface area contributed by atoms with Crippen LogP contribution in [0.15, 0.2) is 76.7 Å². The van der Waals surface area contributed by atoms with Crippen molar-refractivity contribution in [1.82, 2.24) is 9.55 Å². The highest BCUT2D eigenvalue weighted by molar-refractivity contribution is 7.99. The van der Waals surface area contributed by atoms with Crippen molar-refractivity contribution in [1.29, 1.82) is 5.26 Å². The molecule has 0 fully saturated rings. The molecule has 0 radical (unpaired) electrons. The molecule has 0 aliphatic heterocycles. The molecule has 0 aliphatic rings. The number of fused-ring (bicyclic) bond motifs is 1. The van der Waals surface area contributed by atoms with Gasteiger partial charge in [0.2, 0.25) is 5.91 Å². The zero-order valence-corrected chi connectivity index (χ0v) is 20.8. The van der Waals surface area contributed by atoms with Crippen molar-refractivity contribution in [2.45, 2.75) is 32.3 Å². The van der Waals surface area contributed by atoms with Crippen LogP contribution in [0.1, 0.15) is 23.1 Å². The summed E-state index contributed by atoms with van der Waals surface area (Å²) < 4.78 is 1.56. The number of aromatic nitrogens is 2. The molecule has 0 spiro atoms. The van der Waals surface area contributed by atoms with Crippen LogP contribution in [0.25, 0.3) is 16.6 Å². The first-order chi connectivity index (χ1) is 16.9. The number of aryl methyl sites for hydroxylation is 3. The summed E-state index contributed by atoms with van der Waals surface area (Å²) in [5, 5.41) is 10.1. The van der Waals surface area contributed by atoms with Gasteiger partial charge in [0, 0.05) is 12.2 Å². The van der Waals surface area contributed by atoms with Crippen molar-refractivity contribution < 1.29 is 4.79 Å². The zero-order valence-electron chi connectivity index (χ0n) is 20.0. The smallest absolute Gasteiger partial charge is 0.266 e. The summed E-state index contributed by atoms with van der Waals surface area (Å²) in [5.41, 5.74) is 5.17. The maximum atomic E-state index is 13.4. The number of carbonyl (C=O) groups excluding carboxylic acids is 1. The van der Waals surface area contributed by atoms with Crippen molar-refractivity contribution in [3.8, 4) is 11.8 Å². The van der Waals surface area contributed by atoms with E-state index in [9.17, 15) is 9.59 Å². The summed E-state index contributed by atoms with van der Waals surface area (Å²) in [7, 11) is 0. The van der Waals surface area contributed by atoms with E-state index in [2.05, 4.69) is 6.07 Å². The zero-order chi connectivity index (χ0) is 24.9. The third-order valence-electron chi connectivity index (χ3n) is 5.91. The Labute approximate surface area is 208 Å². The quantitative estimate of drug-likeness (QED) is 0.262. The summed E-state index contributed by atoms with van der Waals surface area (Å²) in [5.74, 6) is -0.0685. The van der Waals surface area contributed by atoms with Crippen molar-refractivity contribution in [2.24, 2.45) is 0 Å². The number of rotatable bonds is 7. The summed E-state index contributed by atoms with van der Waals surface area (Å²) in [4.78, 5) is 33.1. The summed E-state index contributed by atoms with van der Waals surface area (Å²) in [6.45, 7) is 6.31. The Hall–Kier alpha value is -3.89. The van der Waals surface area contributed by atoms with Crippen LogP contribution in [0, 0.1) is 32.1 Å². The second-order valence-corrected chi connectivity index (χ2v) is 9.34. The fourth-order valence-electron chi connectivity index (χ4n) is 3.79. The summed E-state index contributed by atoms with van der Waals surface area (Å²) >= 11 is 1.22. The Morgan fingerprint density at radius 3 is 2.49 bits per heavy atom. The van der Waals surface area contributed by atoms with Crippen molar-refractivity contribution in [3.63, 3.8) is 0 Å². The third kappa shape index (κ3) is 5.28. The molecule has 1 aromatic heterocycles. The molecule has 0 aliphatic carbocycles. The van der Waals surface area contributed by atoms with E-state index in [1.807, 2.05) is 75.4 Å². The molecule has 35 heavy (non-hydrogen) atoms. The van der Waals surface area contributed by atoms with Gasteiger partial charge in [0.05, 0.1) is 34.8 Å². The summed E-state index contributed by atoms with van der Waals surface area (Å²) in [6.07, 6.45) is 0.228. The van der Waals surface area contributed by atoms with Crippen LogP contribution in [0.3, 0.4) is 0 Å². The van der Waals surface area contributed by atoms with E-state index in [4.69, 9.17) is 10.2 Å². The molecule has 0 atom stereocenters. The maximum absolute atomic E-state index is 13.4. The SMILES string of the molecule is Cc1ccc(-n2c(SCC(=O)N(CCC#N)c3ccc(C)c(C)c3)nc3ccccc3c2=O)cc1. The van der Waals surface area contributed by atoms with E-state index >= 15 is 0 Å². The lowest BCUT2D eigenvalue weighted by Crippen LogP contribution is -2.33. The molecular weight excluding hydrogens is 456 g/mol. The van der Waals surface area contributed by atoms with Gasteiger partial charge in [-0.25, -0.2) is 4.98 Å². The Bertz CT molecular complexity index is 1490. The largest absolute Gasteiger partial charge is 0.311 e. The van der Waals surface area contributed by atoms with Crippen LogP contribution in [0.4, 0.5) is 5.69 Å². The molecule has 0 unspecified atom stereocenters. The molecular formula is C28H26N4O2S. The number of thioether (sulfide) groups is 1. The standard InChI is InChI=1S/C28H26N4O2S/c1-19-9-12-22(13-10-19)32-27(34)24-7-4-5-8-25(24)30-28(32)35-18-26(33)31(16-6-15-29)23-14-11-20(2)21(3)17-23/h4-5,7-14,17H,6,16,18H2,1-3H3. The molecule has 3 aromatic carbocycles. The normalized spacial score (nSPS) is 10.8. The van der Waals surface area contributed by atoms with Gasteiger partial charge in [0.1, 0.15) is 0 Å². The fraction of sp³-hybridized carbons (Fsp3) is 0.214. The second kappa shape index (κ2) is 10.6. The molecule has 4 rings (SSSR count). The van der Waals surface area contributed by atoms with Crippen LogP contribution < -0.4 is 10.5 Å². The first-order valence-electron chi connectivity index (χ1n) is 11.3. The van der Waals surface area contributed by atoms with E-state index in [1.54, 1.807) is 21.6 Å². The predicted octanol–water partition coefficient (Wildman–Crippen LogP) is 5.35. The fourth-order valence-corrected chi connectivity index (χ4v) is 4.68. The van der Waals surface area contributed by atoms with E-state index in [0.717, 1.165) is 22.4 Å². The Balaban J connectivity index is 1.70. The number of para-hydroxylation sites is 1. The van der Waals surface area contributed by atoms with Gasteiger partial charge in [-0.3, -0.25) is 14.2 Å². The highest BCUT2D eigenvalue weighted by atomic mass is 32.2. The Kier molecular flexibility index (Phi) is 7.33. The van der Waals surface area contributed by atoms with Gasteiger partial charge >= 0.3 is 0 Å². The minimum Gasteiger partial charge on any atom is -0.311 e. The highest BCUT2D eigenvalue weighted by Crippen LogP contribution is 2.24. The van der Waals surface area contributed by atoms with E-state index < -0.39 is 0 Å². The minimum absolute atomic E-state index is 0.0784. The molecule has 0 saturated heterocycles. The summed E-state index contributed by atoms with van der Waals surface area (Å²) in [6, 6.07) is 22.8. The number of amides is 1. The van der Waals surface area contributed by atoms with E-state index in [-0.39, 0.29) is 23.6 Å². The van der Waals surface area contributed by atoms with Gasteiger partial charge in [-0.1, -0.05) is 47.7 Å². The number of hydrogen-bond donors (Lipinski definition) is 0. The Morgan fingerprint density at radius 1 is 1.03 bits per heavy atom. The number of benzene rings is 3. The molecule has 176 valence electrons. The average molecular weight is 483 g/mol. The molecule has 0 saturated carbocycles. The van der Waals surface area contributed by atoms with Crippen LogP contribution >= 0.6 is 11.8 Å². The van der Waals surface area contributed by atoms with Gasteiger partial charge in [-0.15, -0.1) is 0 Å². The van der Waals surface area contributed by atoms with E-state index in [0.29, 0.717) is 28.3 Å². The van der Waals surface area contributed by atoms with Crippen LogP contribution in [0.2, 0.25) is 0 Å². The highest BCUT2D eigenvalue weighted by Gasteiger charge is 2.19. The molecule has 1 heterocycles. The van der Waals surface area contributed by atoms with Crippen LogP contribution in [-0.2, 0) is 4.79 Å². The molecule has 7 heteroatoms. The Morgan fingerprint density at radius 2 is 1.77 bits per heavy atom. The van der Waals surface area contributed by atoms with E-state index in [1.165, 1.54) is 11.8 Å². The van der Waals surface area contributed by atoms with Gasteiger partial charge < -0.3 is 4.90 Å². The lowest BCUT2D eigenvalue weighted by Gasteiger charge is -2.23. The van der Waals surface area contributed by atoms with Gasteiger partial charge in [0.15, 0.2) is 5.16 Å². The predicted molar refractivity (Wildman–Crippen MR) is 141 cm³/mol. The monoisotopic (exact) mass is 482 g/mol. The number of carbonyl (C=O) groups is 1.